The molecule has 0 saturated heterocycles. The number of rotatable bonds is 2. The number of aromatic hydroxyl groups is 1. The van der Waals surface area contributed by atoms with Crippen LogP contribution in [-0.4, -0.2) is 17.4 Å². The van der Waals surface area contributed by atoms with Gasteiger partial charge in [0.2, 0.25) is 0 Å². The highest BCUT2D eigenvalue weighted by Gasteiger charge is 2.19. The molecule has 0 aliphatic carbocycles. The smallest absolute Gasteiger partial charge is 0.163 e. The molecule has 0 atom stereocenters. The number of hydrogen-bond donors (Lipinski definition) is 1. The SMILES string of the molecule is CC(=O)c1ccc(N2CCCc3cc(C)ccc32)cc1O. The van der Waals surface area contributed by atoms with Crippen molar-refractivity contribution in [1.82, 2.24) is 0 Å². The lowest BCUT2D eigenvalue weighted by Crippen LogP contribution is -2.24. The van der Waals surface area contributed by atoms with E-state index in [0.717, 1.165) is 25.1 Å². The van der Waals surface area contributed by atoms with Gasteiger partial charge in [0.1, 0.15) is 5.75 Å². The normalized spacial score (nSPS) is 13.9. The number of hydrogen-bond acceptors (Lipinski definition) is 3. The zero-order valence-corrected chi connectivity index (χ0v) is 12.4. The number of carbonyl (C=O) groups excluding carboxylic acids is 1. The zero-order valence-electron chi connectivity index (χ0n) is 12.4. The van der Waals surface area contributed by atoms with E-state index in [0.29, 0.717) is 5.56 Å². The van der Waals surface area contributed by atoms with Gasteiger partial charge in [-0.05, 0) is 50.5 Å². The number of carbonyl (C=O) groups is 1. The Morgan fingerprint density at radius 2 is 2.00 bits per heavy atom. The quantitative estimate of drug-likeness (QED) is 0.846. The van der Waals surface area contributed by atoms with Crippen LogP contribution in [0.5, 0.6) is 5.75 Å². The number of fused-ring (bicyclic) bond motifs is 1. The van der Waals surface area contributed by atoms with Gasteiger partial charge in [0.25, 0.3) is 0 Å². The lowest BCUT2D eigenvalue weighted by molar-refractivity contribution is 0.101. The Balaban J connectivity index is 2.03. The first kappa shape index (κ1) is 13.7. The molecule has 0 amide bonds. The van der Waals surface area contributed by atoms with Gasteiger partial charge in [-0.15, -0.1) is 0 Å². The molecule has 1 N–H and O–H groups in total. The molecule has 108 valence electrons. The third kappa shape index (κ3) is 2.51. The van der Waals surface area contributed by atoms with E-state index < -0.39 is 0 Å². The molecule has 1 aliphatic rings. The van der Waals surface area contributed by atoms with E-state index in [1.807, 2.05) is 6.07 Å². The van der Waals surface area contributed by atoms with Crippen LogP contribution in [0.25, 0.3) is 0 Å². The van der Waals surface area contributed by atoms with Crippen LogP contribution in [-0.2, 0) is 6.42 Å². The first-order chi connectivity index (χ1) is 10.1. The van der Waals surface area contributed by atoms with E-state index in [1.165, 1.54) is 23.7 Å². The fourth-order valence-corrected chi connectivity index (χ4v) is 2.98. The maximum Gasteiger partial charge on any atom is 0.163 e. The van der Waals surface area contributed by atoms with E-state index >= 15 is 0 Å². The second-order valence-corrected chi connectivity index (χ2v) is 5.64. The van der Waals surface area contributed by atoms with Gasteiger partial charge in [0, 0.05) is 24.0 Å². The molecule has 3 heteroatoms. The number of anilines is 2. The lowest BCUT2D eigenvalue weighted by atomic mass is 9.98. The van der Waals surface area contributed by atoms with Crippen LogP contribution in [0.3, 0.4) is 0 Å². The summed E-state index contributed by atoms with van der Waals surface area (Å²) in [5.74, 6) is -0.0621. The van der Waals surface area contributed by atoms with Crippen LogP contribution in [0.2, 0.25) is 0 Å². The maximum atomic E-state index is 11.4. The van der Waals surface area contributed by atoms with Gasteiger partial charge in [-0.3, -0.25) is 4.79 Å². The van der Waals surface area contributed by atoms with Crippen LogP contribution in [0.4, 0.5) is 11.4 Å². The summed E-state index contributed by atoms with van der Waals surface area (Å²) in [6.07, 6.45) is 2.18. The van der Waals surface area contributed by atoms with Gasteiger partial charge >= 0.3 is 0 Å². The predicted molar refractivity (Wildman–Crippen MR) is 84.6 cm³/mol. The molecule has 0 bridgehead atoms. The first-order valence-electron chi connectivity index (χ1n) is 7.27. The van der Waals surface area contributed by atoms with Crippen LogP contribution in [0.15, 0.2) is 36.4 Å². The molecule has 0 aromatic heterocycles. The molecule has 3 rings (SSSR count). The molecule has 0 spiro atoms. The van der Waals surface area contributed by atoms with Crippen molar-refractivity contribution in [2.24, 2.45) is 0 Å². The molecule has 0 unspecified atom stereocenters. The van der Waals surface area contributed by atoms with Crippen LogP contribution >= 0.6 is 0 Å². The Bertz CT molecular complexity index is 706. The van der Waals surface area contributed by atoms with E-state index in [2.05, 4.69) is 30.0 Å². The van der Waals surface area contributed by atoms with Crippen molar-refractivity contribution in [3.05, 3.63) is 53.1 Å². The number of phenolic OH excluding ortho intramolecular Hbond substituents is 1. The molecule has 2 aromatic rings. The fourth-order valence-electron chi connectivity index (χ4n) is 2.98. The molecule has 1 heterocycles. The standard InChI is InChI=1S/C18H19NO2/c1-12-5-8-17-14(10-12)4-3-9-19(17)15-6-7-16(13(2)20)18(21)11-15/h5-8,10-11,21H,3-4,9H2,1-2H3. The Morgan fingerprint density at radius 3 is 2.71 bits per heavy atom. The third-order valence-electron chi connectivity index (χ3n) is 4.03. The second-order valence-electron chi connectivity index (χ2n) is 5.64. The largest absolute Gasteiger partial charge is 0.507 e. The van der Waals surface area contributed by atoms with Gasteiger partial charge in [-0.2, -0.15) is 0 Å². The van der Waals surface area contributed by atoms with Gasteiger partial charge in [-0.25, -0.2) is 0 Å². The van der Waals surface area contributed by atoms with E-state index in [4.69, 9.17) is 0 Å². The Morgan fingerprint density at radius 1 is 1.19 bits per heavy atom. The Labute approximate surface area is 124 Å². The van der Waals surface area contributed by atoms with Crippen LogP contribution in [0, 0.1) is 6.92 Å². The summed E-state index contributed by atoms with van der Waals surface area (Å²) in [4.78, 5) is 13.6. The third-order valence-corrected chi connectivity index (χ3v) is 4.03. The predicted octanol–water partition coefficient (Wildman–Crippen LogP) is 3.99. The molecule has 1 aliphatic heterocycles. The van der Waals surface area contributed by atoms with Crippen LogP contribution in [0.1, 0.15) is 34.8 Å². The highest BCUT2D eigenvalue weighted by atomic mass is 16.3. The molecule has 0 saturated carbocycles. The Hall–Kier alpha value is -2.29. The minimum atomic E-state index is -0.117. The van der Waals surface area contributed by atoms with Crippen molar-refractivity contribution in [2.45, 2.75) is 26.7 Å². The minimum absolute atomic E-state index is 0.0548. The number of ketones is 1. The minimum Gasteiger partial charge on any atom is -0.507 e. The topological polar surface area (TPSA) is 40.5 Å². The summed E-state index contributed by atoms with van der Waals surface area (Å²) < 4.78 is 0. The average Bonchev–Trinajstić information content (AvgIpc) is 2.45. The molecule has 3 nitrogen and oxygen atoms in total. The summed E-state index contributed by atoms with van der Waals surface area (Å²) >= 11 is 0. The summed E-state index contributed by atoms with van der Waals surface area (Å²) in [7, 11) is 0. The molecule has 0 radical (unpaired) electrons. The number of phenols is 1. The van der Waals surface area contributed by atoms with Crippen molar-refractivity contribution >= 4 is 17.2 Å². The van der Waals surface area contributed by atoms with Crippen molar-refractivity contribution in [1.29, 1.82) is 0 Å². The number of benzene rings is 2. The lowest BCUT2D eigenvalue weighted by Gasteiger charge is -2.31. The fraction of sp³-hybridized carbons (Fsp3) is 0.278. The number of nitrogens with zero attached hydrogens (tertiary/aromatic N) is 1. The highest BCUT2D eigenvalue weighted by molar-refractivity contribution is 5.97. The summed E-state index contributed by atoms with van der Waals surface area (Å²) in [6, 6.07) is 11.8. The molecule has 21 heavy (non-hydrogen) atoms. The van der Waals surface area contributed by atoms with Gasteiger partial charge < -0.3 is 10.0 Å². The average molecular weight is 281 g/mol. The Kier molecular flexibility index (Phi) is 3.42. The van der Waals surface area contributed by atoms with Gasteiger partial charge in [0.15, 0.2) is 5.78 Å². The van der Waals surface area contributed by atoms with E-state index in [-0.39, 0.29) is 11.5 Å². The molecule has 2 aromatic carbocycles. The highest BCUT2D eigenvalue weighted by Crippen LogP contribution is 2.36. The van der Waals surface area contributed by atoms with Crippen LogP contribution < -0.4 is 4.90 Å². The molecular weight excluding hydrogens is 262 g/mol. The molecular formula is C18H19NO2. The van der Waals surface area contributed by atoms with E-state index in [1.54, 1.807) is 12.1 Å². The van der Waals surface area contributed by atoms with Crippen molar-refractivity contribution < 1.29 is 9.90 Å². The first-order valence-corrected chi connectivity index (χ1v) is 7.27. The number of aryl methyl sites for hydroxylation is 2. The van der Waals surface area contributed by atoms with Crippen molar-refractivity contribution in [3.63, 3.8) is 0 Å². The van der Waals surface area contributed by atoms with E-state index in [9.17, 15) is 9.90 Å². The summed E-state index contributed by atoms with van der Waals surface area (Å²) in [5.41, 5.74) is 5.12. The van der Waals surface area contributed by atoms with Gasteiger partial charge in [-0.1, -0.05) is 17.7 Å². The monoisotopic (exact) mass is 281 g/mol. The summed E-state index contributed by atoms with van der Waals surface area (Å²) in [5, 5.41) is 10.0. The van der Waals surface area contributed by atoms with Crippen molar-refractivity contribution in [3.8, 4) is 5.75 Å². The second kappa shape index (κ2) is 5.24. The van der Waals surface area contributed by atoms with Crippen molar-refractivity contribution in [2.75, 3.05) is 11.4 Å². The summed E-state index contributed by atoms with van der Waals surface area (Å²) in [6.45, 7) is 4.50. The molecule has 0 fully saturated rings. The van der Waals surface area contributed by atoms with Gasteiger partial charge in [0.05, 0.1) is 5.56 Å². The maximum absolute atomic E-state index is 11.4. The number of Topliss-reactive ketones (excluding diaryl/α,β-unsaturated/α-hetero) is 1. The zero-order chi connectivity index (χ0) is 15.0.